The topological polar surface area (TPSA) is 25.8 Å². The van der Waals surface area contributed by atoms with Crippen LogP contribution in [0.1, 0.15) is 0 Å². The molecule has 2 aromatic heterocycles. The van der Waals surface area contributed by atoms with Crippen molar-refractivity contribution in [3.8, 4) is 9.88 Å². The van der Waals surface area contributed by atoms with E-state index in [1.54, 1.807) is 5.38 Å². The molecule has 0 aliphatic rings. The van der Waals surface area contributed by atoms with Gasteiger partial charge in [0.15, 0.2) is 8.02 Å². The molecule has 2 rings (SSSR count). The van der Waals surface area contributed by atoms with Crippen LogP contribution in [-0.2, 0) is 0 Å². The number of thiophene rings is 1. The molecule has 0 radical (unpaired) electrons. The Morgan fingerprint density at radius 2 is 2.25 bits per heavy atom. The second kappa shape index (κ2) is 3.35. The highest BCUT2D eigenvalue weighted by Crippen LogP contribution is 2.30. The van der Waals surface area contributed by atoms with Crippen molar-refractivity contribution in [3.63, 3.8) is 0 Å². The minimum Gasteiger partial charge on any atom is -0.205 e. The molecule has 2 heterocycles. The lowest BCUT2D eigenvalue weighted by molar-refractivity contribution is 0.636. The molecule has 12 heavy (non-hydrogen) atoms. The summed E-state index contributed by atoms with van der Waals surface area (Å²) in [6.45, 7) is 0. The minimum absolute atomic E-state index is 0.215. The molecule has 0 aliphatic carbocycles. The molecule has 0 unspecified atom stereocenters. The van der Waals surface area contributed by atoms with Crippen LogP contribution >= 0.6 is 45.3 Å². The fourth-order valence-corrected chi connectivity index (χ4v) is 2.91. The van der Waals surface area contributed by atoms with Crippen LogP contribution in [0.2, 0.25) is 0 Å². The van der Waals surface area contributed by atoms with Crippen LogP contribution in [0.4, 0.5) is 4.39 Å². The van der Waals surface area contributed by atoms with E-state index in [0.29, 0.717) is 9.88 Å². The summed E-state index contributed by atoms with van der Waals surface area (Å²) in [5.74, 6) is -0.215. The van der Waals surface area contributed by atoms with Crippen molar-refractivity contribution < 1.29 is 4.39 Å². The van der Waals surface area contributed by atoms with Crippen molar-refractivity contribution in [3.05, 3.63) is 20.3 Å². The Balaban J connectivity index is 2.50. The van der Waals surface area contributed by atoms with Crippen LogP contribution in [0.5, 0.6) is 0 Å². The van der Waals surface area contributed by atoms with Gasteiger partial charge in [0.25, 0.3) is 0 Å². The highest BCUT2D eigenvalue weighted by Gasteiger charge is 2.10. The van der Waals surface area contributed by atoms with Crippen molar-refractivity contribution in [1.82, 2.24) is 10.2 Å². The lowest BCUT2D eigenvalue weighted by Gasteiger charge is -1.85. The van der Waals surface area contributed by atoms with Crippen LogP contribution in [0.15, 0.2) is 11.4 Å². The average Bonchev–Trinajstić information content (AvgIpc) is 2.58. The van der Waals surface area contributed by atoms with Gasteiger partial charge in [0, 0.05) is 0 Å². The maximum atomic E-state index is 13.0. The van der Waals surface area contributed by atoms with Gasteiger partial charge in [-0.1, -0.05) is 11.3 Å². The summed E-state index contributed by atoms with van der Waals surface area (Å²) in [6.07, 6.45) is 0. The molecule has 0 spiro atoms. The SMILES string of the molecule is Fc1ccsc1-c1nnc(I)s1. The van der Waals surface area contributed by atoms with Gasteiger partial charge in [0.1, 0.15) is 10.7 Å². The van der Waals surface area contributed by atoms with Crippen LogP contribution < -0.4 is 0 Å². The van der Waals surface area contributed by atoms with Gasteiger partial charge >= 0.3 is 0 Å². The summed E-state index contributed by atoms with van der Waals surface area (Å²) < 4.78 is 13.8. The highest BCUT2D eigenvalue weighted by atomic mass is 127. The Labute approximate surface area is 89.6 Å². The predicted octanol–water partition coefficient (Wildman–Crippen LogP) is 3.01. The lowest BCUT2D eigenvalue weighted by Crippen LogP contribution is -1.74. The number of aromatic nitrogens is 2. The number of nitrogens with zero attached hydrogens (tertiary/aromatic N) is 2. The number of hydrogen-bond donors (Lipinski definition) is 0. The van der Waals surface area contributed by atoms with E-state index < -0.39 is 0 Å². The molecule has 0 aliphatic heterocycles. The number of hydrogen-bond acceptors (Lipinski definition) is 4. The minimum atomic E-state index is -0.215. The van der Waals surface area contributed by atoms with Gasteiger partial charge in [-0.3, -0.25) is 0 Å². The van der Waals surface area contributed by atoms with E-state index in [0.717, 1.165) is 3.01 Å². The fraction of sp³-hybridized carbons (Fsp3) is 0. The standard InChI is InChI=1S/C6H2FIN2S2/c7-3-1-2-11-4(3)5-9-10-6(8)12-5/h1-2H. The number of halogens is 2. The lowest BCUT2D eigenvalue weighted by atomic mass is 10.5. The molecule has 6 heteroatoms. The third-order valence-corrected chi connectivity index (χ3v) is 3.84. The van der Waals surface area contributed by atoms with Crippen molar-refractivity contribution in [1.29, 1.82) is 0 Å². The van der Waals surface area contributed by atoms with Gasteiger partial charge in [-0.2, -0.15) is 0 Å². The zero-order valence-corrected chi connectivity index (χ0v) is 9.41. The first-order chi connectivity index (χ1) is 5.77. The summed E-state index contributed by atoms with van der Waals surface area (Å²) in [5, 5.41) is 10.0. The fourth-order valence-electron chi connectivity index (χ4n) is 0.743. The number of rotatable bonds is 1. The molecule has 0 atom stereocenters. The van der Waals surface area contributed by atoms with Gasteiger partial charge < -0.3 is 0 Å². The van der Waals surface area contributed by atoms with E-state index in [4.69, 9.17) is 0 Å². The highest BCUT2D eigenvalue weighted by molar-refractivity contribution is 14.1. The third kappa shape index (κ3) is 1.50. The Morgan fingerprint density at radius 1 is 1.42 bits per heavy atom. The monoisotopic (exact) mass is 312 g/mol. The molecular weight excluding hydrogens is 310 g/mol. The summed E-state index contributed by atoms with van der Waals surface area (Å²) in [5.41, 5.74) is 0. The summed E-state index contributed by atoms with van der Waals surface area (Å²) in [6, 6.07) is 1.44. The molecule has 0 saturated heterocycles. The Morgan fingerprint density at radius 3 is 2.75 bits per heavy atom. The Bertz CT molecular complexity index is 398. The molecule has 0 amide bonds. The van der Waals surface area contributed by atoms with Gasteiger partial charge in [-0.15, -0.1) is 21.5 Å². The van der Waals surface area contributed by atoms with E-state index in [-0.39, 0.29) is 5.82 Å². The molecular formula is C6H2FIN2S2. The van der Waals surface area contributed by atoms with E-state index in [1.807, 2.05) is 0 Å². The second-order valence-corrected chi connectivity index (χ2v) is 5.61. The summed E-state index contributed by atoms with van der Waals surface area (Å²) in [7, 11) is 0. The normalized spacial score (nSPS) is 10.5. The Hall–Kier alpha value is -0.0800. The average molecular weight is 312 g/mol. The molecule has 62 valence electrons. The molecule has 0 N–H and O–H groups in total. The van der Waals surface area contributed by atoms with E-state index >= 15 is 0 Å². The first-order valence-corrected chi connectivity index (χ1v) is 5.77. The maximum absolute atomic E-state index is 13.0. The van der Waals surface area contributed by atoms with Crippen LogP contribution in [0.3, 0.4) is 0 Å². The molecule has 2 nitrogen and oxygen atoms in total. The van der Waals surface area contributed by atoms with Crippen molar-refractivity contribution in [2.24, 2.45) is 0 Å². The van der Waals surface area contributed by atoms with E-state index in [1.165, 1.54) is 28.7 Å². The maximum Gasteiger partial charge on any atom is 0.178 e. The summed E-state index contributed by atoms with van der Waals surface area (Å²) >= 11 is 4.80. The first-order valence-electron chi connectivity index (χ1n) is 3.00. The third-order valence-electron chi connectivity index (χ3n) is 1.21. The predicted molar refractivity (Wildman–Crippen MR) is 55.9 cm³/mol. The summed E-state index contributed by atoms with van der Waals surface area (Å²) in [4.78, 5) is 0.579. The largest absolute Gasteiger partial charge is 0.205 e. The molecule has 0 fully saturated rings. The van der Waals surface area contributed by atoms with Crippen molar-refractivity contribution in [2.75, 3.05) is 0 Å². The first kappa shape index (κ1) is 8.52. The van der Waals surface area contributed by atoms with Crippen molar-refractivity contribution >= 4 is 45.3 Å². The molecule has 0 aromatic carbocycles. The van der Waals surface area contributed by atoms with Gasteiger partial charge in [-0.05, 0) is 34.0 Å². The smallest absolute Gasteiger partial charge is 0.178 e. The van der Waals surface area contributed by atoms with Crippen LogP contribution in [-0.4, -0.2) is 10.2 Å². The van der Waals surface area contributed by atoms with E-state index in [2.05, 4.69) is 32.8 Å². The Kier molecular flexibility index (Phi) is 2.37. The van der Waals surface area contributed by atoms with Crippen LogP contribution in [0, 0.1) is 8.83 Å². The van der Waals surface area contributed by atoms with Crippen LogP contribution in [0.25, 0.3) is 9.88 Å². The molecule has 0 bridgehead atoms. The molecule has 2 aromatic rings. The zero-order valence-electron chi connectivity index (χ0n) is 5.62. The quantitative estimate of drug-likeness (QED) is 0.757. The van der Waals surface area contributed by atoms with Gasteiger partial charge in [0.2, 0.25) is 0 Å². The zero-order chi connectivity index (χ0) is 8.55. The van der Waals surface area contributed by atoms with Crippen molar-refractivity contribution in [2.45, 2.75) is 0 Å². The second-order valence-electron chi connectivity index (χ2n) is 1.96. The molecule has 0 saturated carbocycles. The van der Waals surface area contributed by atoms with Gasteiger partial charge in [0.05, 0.1) is 0 Å². The van der Waals surface area contributed by atoms with Gasteiger partial charge in [-0.25, -0.2) is 4.39 Å². The van der Waals surface area contributed by atoms with E-state index in [9.17, 15) is 4.39 Å².